The van der Waals surface area contributed by atoms with Crippen LogP contribution in [0.25, 0.3) is 21.5 Å². The molecule has 0 saturated carbocycles. The van der Waals surface area contributed by atoms with Gasteiger partial charge in [0.05, 0.1) is 21.6 Å². The number of piperidine rings is 1. The Morgan fingerprint density at radius 2 is 1.84 bits per heavy atom. The SMILES string of the molecule is CCc1c(C(N)=O)ccc(-c2cc(NCCCN3CCC(N4CCCC4)CC3)c3sccc3n2)c1CC. The van der Waals surface area contributed by atoms with E-state index in [1.54, 1.807) is 11.3 Å². The highest BCUT2D eigenvalue weighted by Gasteiger charge is 2.26. The van der Waals surface area contributed by atoms with E-state index in [2.05, 4.69) is 46.5 Å². The van der Waals surface area contributed by atoms with Gasteiger partial charge in [-0.3, -0.25) is 4.79 Å². The fourth-order valence-electron chi connectivity index (χ4n) is 6.34. The van der Waals surface area contributed by atoms with Gasteiger partial charge in [0.15, 0.2) is 0 Å². The molecule has 1 aromatic carbocycles. The number of anilines is 1. The Balaban J connectivity index is 1.26. The number of aromatic nitrogens is 1. The van der Waals surface area contributed by atoms with E-state index in [0.717, 1.165) is 66.4 Å². The first-order chi connectivity index (χ1) is 18.1. The third-order valence-corrected chi connectivity index (χ3v) is 9.21. The standard InChI is InChI=1S/C30H41N5OS/c1-3-22-23(4-2)25(30(31)36)9-8-24(22)27-20-28(29-26(33-27)12-19-37-29)32-13-7-14-34-17-10-21(11-18-34)35-15-5-6-16-35/h8-9,12,19-21H,3-7,10-11,13-18H2,1-2H3,(H2,31,36)(H,32,33). The molecule has 0 atom stereocenters. The molecule has 2 aliphatic rings. The second-order valence-corrected chi connectivity index (χ2v) is 11.4. The molecule has 0 bridgehead atoms. The number of rotatable bonds is 10. The van der Waals surface area contributed by atoms with Crippen molar-refractivity contribution in [2.75, 3.05) is 44.6 Å². The molecular weight excluding hydrogens is 478 g/mol. The Bertz CT molecular complexity index is 1220. The van der Waals surface area contributed by atoms with Crippen LogP contribution in [0.2, 0.25) is 0 Å². The maximum Gasteiger partial charge on any atom is 0.248 e. The Hall–Kier alpha value is -2.48. The first-order valence-corrected chi connectivity index (χ1v) is 15.0. The number of likely N-dealkylation sites (tertiary alicyclic amines) is 2. The summed E-state index contributed by atoms with van der Waals surface area (Å²) in [5.74, 6) is -0.359. The van der Waals surface area contributed by atoms with Gasteiger partial charge in [0.25, 0.3) is 0 Å². The normalized spacial score (nSPS) is 17.6. The molecule has 0 aliphatic carbocycles. The molecule has 37 heavy (non-hydrogen) atoms. The molecule has 0 spiro atoms. The van der Waals surface area contributed by atoms with Gasteiger partial charge in [-0.05, 0) is 112 Å². The number of amides is 1. The zero-order valence-electron chi connectivity index (χ0n) is 22.4. The third-order valence-electron chi connectivity index (χ3n) is 8.27. The Labute approximate surface area is 225 Å². The fourth-order valence-corrected chi connectivity index (χ4v) is 7.16. The number of nitrogens with two attached hydrogens (primary N) is 1. The van der Waals surface area contributed by atoms with E-state index in [9.17, 15) is 4.79 Å². The molecule has 2 saturated heterocycles. The lowest BCUT2D eigenvalue weighted by atomic mass is 9.90. The van der Waals surface area contributed by atoms with Crippen LogP contribution in [0.4, 0.5) is 5.69 Å². The molecule has 5 rings (SSSR count). The summed E-state index contributed by atoms with van der Waals surface area (Å²) in [7, 11) is 0. The van der Waals surface area contributed by atoms with Gasteiger partial charge in [0.1, 0.15) is 0 Å². The topological polar surface area (TPSA) is 74.5 Å². The lowest BCUT2D eigenvalue weighted by molar-refractivity contribution is 0.0999. The Kier molecular flexibility index (Phi) is 8.43. The van der Waals surface area contributed by atoms with Crippen LogP contribution in [0.15, 0.2) is 29.6 Å². The first-order valence-electron chi connectivity index (χ1n) is 14.1. The van der Waals surface area contributed by atoms with Gasteiger partial charge in [0, 0.05) is 23.7 Å². The number of nitrogens with zero attached hydrogens (tertiary/aromatic N) is 3. The van der Waals surface area contributed by atoms with Crippen molar-refractivity contribution in [2.24, 2.45) is 5.73 Å². The molecule has 2 aliphatic heterocycles. The van der Waals surface area contributed by atoms with Crippen molar-refractivity contribution in [1.29, 1.82) is 0 Å². The van der Waals surface area contributed by atoms with Gasteiger partial charge in [-0.25, -0.2) is 4.98 Å². The van der Waals surface area contributed by atoms with Crippen LogP contribution in [-0.2, 0) is 12.8 Å². The van der Waals surface area contributed by atoms with E-state index in [1.807, 2.05) is 12.1 Å². The summed E-state index contributed by atoms with van der Waals surface area (Å²) >= 11 is 1.74. The molecular formula is C30H41N5OS. The molecule has 7 heteroatoms. The molecule has 4 heterocycles. The molecule has 0 radical (unpaired) electrons. The quantitative estimate of drug-likeness (QED) is 0.344. The molecule has 3 N–H and O–H groups in total. The summed E-state index contributed by atoms with van der Waals surface area (Å²) in [6.45, 7) is 11.4. The number of carbonyl (C=O) groups excluding carboxylic acids is 1. The van der Waals surface area contributed by atoms with Crippen LogP contribution in [0.5, 0.6) is 0 Å². The number of hydrogen-bond donors (Lipinski definition) is 2. The average molecular weight is 520 g/mol. The maximum atomic E-state index is 12.0. The number of nitrogens with one attached hydrogen (secondary N) is 1. The highest BCUT2D eigenvalue weighted by atomic mass is 32.1. The minimum absolute atomic E-state index is 0.359. The fraction of sp³-hybridized carbons (Fsp3) is 0.533. The Morgan fingerprint density at radius 3 is 2.54 bits per heavy atom. The van der Waals surface area contributed by atoms with Crippen molar-refractivity contribution in [3.05, 3.63) is 46.3 Å². The van der Waals surface area contributed by atoms with Crippen molar-refractivity contribution in [3.8, 4) is 11.3 Å². The third kappa shape index (κ3) is 5.69. The number of carbonyl (C=O) groups is 1. The van der Waals surface area contributed by atoms with Crippen molar-refractivity contribution >= 4 is 33.1 Å². The molecule has 6 nitrogen and oxygen atoms in total. The second kappa shape index (κ2) is 11.9. The summed E-state index contributed by atoms with van der Waals surface area (Å²) in [5.41, 5.74) is 12.8. The number of hydrogen-bond acceptors (Lipinski definition) is 6. The predicted octanol–water partition coefficient (Wildman–Crippen LogP) is 5.55. The number of primary amides is 1. The molecule has 2 fully saturated rings. The zero-order valence-corrected chi connectivity index (χ0v) is 23.2. The summed E-state index contributed by atoms with van der Waals surface area (Å²) in [4.78, 5) is 22.4. The largest absolute Gasteiger partial charge is 0.384 e. The predicted molar refractivity (Wildman–Crippen MR) is 156 cm³/mol. The van der Waals surface area contributed by atoms with Crippen LogP contribution in [0.3, 0.4) is 0 Å². The first kappa shape index (κ1) is 26.1. The van der Waals surface area contributed by atoms with Crippen molar-refractivity contribution < 1.29 is 4.79 Å². The Morgan fingerprint density at radius 1 is 1.08 bits per heavy atom. The van der Waals surface area contributed by atoms with Crippen molar-refractivity contribution in [2.45, 2.75) is 64.8 Å². The van der Waals surface area contributed by atoms with Crippen molar-refractivity contribution in [1.82, 2.24) is 14.8 Å². The zero-order chi connectivity index (χ0) is 25.8. The number of pyridine rings is 1. The lowest BCUT2D eigenvalue weighted by Gasteiger charge is -2.36. The minimum Gasteiger partial charge on any atom is -0.384 e. The van der Waals surface area contributed by atoms with E-state index >= 15 is 0 Å². The van der Waals surface area contributed by atoms with Gasteiger partial charge in [-0.15, -0.1) is 11.3 Å². The summed E-state index contributed by atoms with van der Waals surface area (Å²) in [6.07, 6.45) is 8.16. The molecule has 198 valence electrons. The van der Waals surface area contributed by atoms with E-state index < -0.39 is 0 Å². The molecule has 2 aromatic heterocycles. The van der Waals surface area contributed by atoms with E-state index in [0.29, 0.717) is 5.56 Å². The van der Waals surface area contributed by atoms with E-state index in [1.165, 1.54) is 62.1 Å². The van der Waals surface area contributed by atoms with Gasteiger partial charge in [-0.1, -0.05) is 19.9 Å². The average Bonchev–Trinajstić information content (AvgIpc) is 3.63. The van der Waals surface area contributed by atoms with E-state index in [-0.39, 0.29) is 5.91 Å². The van der Waals surface area contributed by atoms with Gasteiger partial charge in [-0.2, -0.15) is 0 Å². The van der Waals surface area contributed by atoms with E-state index in [4.69, 9.17) is 10.7 Å². The van der Waals surface area contributed by atoms with Crippen LogP contribution in [-0.4, -0.2) is 66.0 Å². The second-order valence-electron chi connectivity index (χ2n) is 10.5. The van der Waals surface area contributed by atoms with Crippen LogP contribution in [0.1, 0.15) is 67.4 Å². The maximum absolute atomic E-state index is 12.0. The van der Waals surface area contributed by atoms with Crippen LogP contribution >= 0.6 is 11.3 Å². The number of fused-ring (bicyclic) bond motifs is 1. The lowest BCUT2D eigenvalue weighted by Crippen LogP contribution is -2.44. The summed E-state index contributed by atoms with van der Waals surface area (Å²) in [5, 5.41) is 5.85. The molecule has 0 unspecified atom stereocenters. The highest BCUT2D eigenvalue weighted by Crippen LogP contribution is 2.35. The van der Waals surface area contributed by atoms with Gasteiger partial charge >= 0.3 is 0 Å². The molecule has 1 amide bonds. The minimum atomic E-state index is -0.359. The summed E-state index contributed by atoms with van der Waals surface area (Å²) < 4.78 is 1.21. The van der Waals surface area contributed by atoms with Crippen LogP contribution < -0.4 is 11.1 Å². The monoisotopic (exact) mass is 519 g/mol. The van der Waals surface area contributed by atoms with Crippen molar-refractivity contribution in [3.63, 3.8) is 0 Å². The number of benzene rings is 1. The molecule has 3 aromatic rings. The van der Waals surface area contributed by atoms with Gasteiger partial charge in [0.2, 0.25) is 5.91 Å². The smallest absolute Gasteiger partial charge is 0.248 e. The van der Waals surface area contributed by atoms with Gasteiger partial charge < -0.3 is 20.9 Å². The summed E-state index contributed by atoms with van der Waals surface area (Å²) in [6, 6.07) is 9.00. The van der Waals surface area contributed by atoms with Crippen LogP contribution in [0, 0.1) is 0 Å². The highest BCUT2D eigenvalue weighted by molar-refractivity contribution is 7.17. The number of thiophene rings is 1.